The predicted octanol–water partition coefficient (Wildman–Crippen LogP) is 4.05. The first-order valence-corrected chi connectivity index (χ1v) is 8.65. The first-order valence-electron chi connectivity index (χ1n) is 8.65. The van der Waals surface area contributed by atoms with Gasteiger partial charge in [0.25, 0.3) is 0 Å². The standard InChI is InChI=1S/C18H24F3N3O/c1-10(2)17-22-13-8-11(7-12(16(13)23-17)18(19,20)21)9-24(3)14-5-4-6-15(14)25/h7-8,10,14-15,25H,4-6,9H2,1-3H3,(H,22,23)/t14-,15+/m1/s1. The Bertz CT molecular complexity index is 754. The fourth-order valence-electron chi connectivity index (χ4n) is 3.62. The zero-order valence-corrected chi connectivity index (χ0v) is 14.7. The predicted molar refractivity (Wildman–Crippen MR) is 90.3 cm³/mol. The smallest absolute Gasteiger partial charge is 0.391 e. The molecule has 1 aliphatic carbocycles. The molecule has 0 spiro atoms. The second-order valence-electron chi connectivity index (χ2n) is 7.29. The topological polar surface area (TPSA) is 52.1 Å². The van der Waals surface area contributed by atoms with Crippen LogP contribution in [0.25, 0.3) is 11.0 Å². The number of alkyl halides is 3. The summed E-state index contributed by atoms with van der Waals surface area (Å²) in [5.74, 6) is 0.575. The van der Waals surface area contributed by atoms with E-state index in [-0.39, 0.29) is 17.5 Å². The molecule has 1 saturated carbocycles. The highest BCUT2D eigenvalue weighted by molar-refractivity contribution is 5.80. The van der Waals surface area contributed by atoms with Crippen LogP contribution in [0.3, 0.4) is 0 Å². The van der Waals surface area contributed by atoms with Crippen molar-refractivity contribution < 1.29 is 18.3 Å². The van der Waals surface area contributed by atoms with Crippen molar-refractivity contribution in [1.29, 1.82) is 0 Å². The summed E-state index contributed by atoms with van der Waals surface area (Å²) in [5.41, 5.74) is 0.251. The lowest BCUT2D eigenvalue weighted by Crippen LogP contribution is -2.37. The van der Waals surface area contributed by atoms with E-state index in [1.165, 1.54) is 6.07 Å². The van der Waals surface area contributed by atoms with Crippen molar-refractivity contribution in [3.63, 3.8) is 0 Å². The van der Waals surface area contributed by atoms with Gasteiger partial charge in [0, 0.05) is 18.5 Å². The lowest BCUT2D eigenvalue weighted by Gasteiger charge is -2.27. The number of halogens is 3. The average Bonchev–Trinajstić information content (AvgIpc) is 3.11. The van der Waals surface area contributed by atoms with E-state index in [1.54, 1.807) is 6.07 Å². The number of aromatic amines is 1. The number of imidazole rings is 1. The highest BCUT2D eigenvalue weighted by Gasteiger charge is 2.35. The third-order valence-corrected chi connectivity index (χ3v) is 4.96. The molecule has 1 aromatic heterocycles. The maximum absolute atomic E-state index is 13.5. The lowest BCUT2D eigenvalue weighted by molar-refractivity contribution is -0.136. The molecule has 2 atom stereocenters. The van der Waals surface area contributed by atoms with Gasteiger partial charge in [0.2, 0.25) is 0 Å². The van der Waals surface area contributed by atoms with Crippen molar-refractivity contribution in [2.24, 2.45) is 0 Å². The fraction of sp³-hybridized carbons (Fsp3) is 0.611. The number of H-pyrrole nitrogens is 1. The molecule has 1 aliphatic rings. The third kappa shape index (κ3) is 3.67. The van der Waals surface area contributed by atoms with E-state index < -0.39 is 17.8 Å². The van der Waals surface area contributed by atoms with Gasteiger partial charge < -0.3 is 10.1 Å². The summed E-state index contributed by atoms with van der Waals surface area (Å²) < 4.78 is 40.5. The van der Waals surface area contributed by atoms with Gasteiger partial charge in [-0.05, 0) is 44.0 Å². The molecule has 0 unspecified atom stereocenters. The number of hydrogen-bond acceptors (Lipinski definition) is 3. The van der Waals surface area contributed by atoms with Crippen molar-refractivity contribution in [3.05, 3.63) is 29.1 Å². The van der Waals surface area contributed by atoms with Crippen LogP contribution >= 0.6 is 0 Å². The average molecular weight is 355 g/mol. The van der Waals surface area contributed by atoms with Crippen LogP contribution in [0.5, 0.6) is 0 Å². The summed E-state index contributed by atoms with van der Waals surface area (Å²) in [7, 11) is 1.85. The van der Waals surface area contributed by atoms with Crippen LogP contribution in [0.15, 0.2) is 12.1 Å². The minimum Gasteiger partial charge on any atom is -0.391 e. The third-order valence-electron chi connectivity index (χ3n) is 4.96. The van der Waals surface area contributed by atoms with Crippen molar-refractivity contribution in [3.8, 4) is 0 Å². The van der Waals surface area contributed by atoms with Gasteiger partial charge in [0.05, 0.1) is 17.2 Å². The molecule has 2 N–H and O–H groups in total. The van der Waals surface area contributed by atoms with Crippen LogP contribution in [-0.4, -0.2) is 39.2 Å². The van der Waals surface area contributed by atoms with Crippen LogP contribution in [-0.2, 0) is 12.7 Å². The molecule has 4 nitrogen and oxygen atoms in total. The number of aromatic nitrogens is 2. The summed E-state index contributed by atoms with van der Waals surface area (Å²) >= 11 is 0. The van der Waals surface area contributed by atoms with Gasteiger partial charge in [-0.3, -0.25) is 4.90 Å². The summed E-state index contributed by atoms with van der Waals surface area (Å²) in [6.45, 7) is 4.14. The zero-order valence-electron chi connectivity index (χ0n) is 14.7. The van der Waals surface area contributed by atoms with Crippen LogP contribution in [0, 0.1) is 0 Å². The van der Waals surface area contributed by atoms with Gasteiger partial charge in [-0.2, -0.15) is 13.2 Å². The van der Waals surface area contributed by atoms with Crippen molar-refractivity contribution in [1.82, 2.24) is 14.9 Å². The first kappa shape index (κ1) is 18.2. The Morgan fingerprint density at radius 3 is 2.60 bits per heavy atom. The molecule has 0 aliphatic heterocycles. The van der Waals surface area contributed by atoms with Gasteiger partial charge in [-0.25, -0.2) is 4.98 Å². The number of aliphatic hydroxyl groups is 1. The molecule has 0 amide bonds. The van der Waals surface area contributed by atoms with E-state index in [0.29, 0.717) is 23.4 Å². The monoisotopic (exact) mass is 355 g/mol. The molecular formula is C18H24F3N3O. The van der Waals surface area contributed by atoms with E-state index >= 15 is 0 Å². The Labute approximate surface area is 145 Å². The summed E-state index contributed by atoms with van der Waals surface area (Å²) in [5, 5.41) is 10.0. The summed E-state index contributed by atoms with van der Waals surface area (Å²) in [6, 6.07) is 2.92. The Balaban J connectivity index is 1.98. The summed E-state index contributed by atoms with van der Waals surface area (Å²) in [4.78, 5) is 9.12. The molecule has 2 aromatic rings. The normalized spacial score (nSPS) is 21.8. The maximum Gasteiger partial charge on any atom is 0.418 e. The Morgan fingerprint density at radius 1 is 1.32 bits per heavy atom. The number of likely N-dealkylation sites (N-methyl/N-ethyl adjacent to an activating group) is 1. The van der Waals surface area contributed by atoms with Crippen LogP contribution in [0.1, 0.15) is 56.0 Å². The second kappa shape index (κ2) is 6.61. The molecule has 0 radical (unpaired) electrons. The van der Waals surface area contributed by atoms with E-state index in [9.17, 15) is 18.3 Å². The van der Waals surface area contributed by atoms with Gasteiger partial charge >= 0.3 is 6.18 Å². The number of aliphatic hydroxyl groups excluding tert-OH is 1. The molecule has 3 rings (SSSR count). The van der Waals surface area contributed by atoms with E-state index in [4.69, 9.17) is 0 Å². The number of hydrogen-bond donors (Lipinski definition) is 2. The molecule has 0 saturated heterocycles. The second-order valence-corrected chi connectivity index (χ2v) is 7.29. The highest BCUT2D eigenvalue weighted by Crippen LogP contribution is 2.36. The van der Waals surface area contributed by atoms with Gasteiger partial charge in [0.15, 0.2) is 0 Å². The van der Waals surface area contributed by atoms with Gasteiger partial charge in [-0.1, -0.05) is 13.8 Å². The largest absolute Gasteiger partial charge is 0.418 e. The Kier molecular flexibility index (Phi) is 4.81. The van der Waals surface area contributed by atoms with E-state index in [2.05, 4.69) is 9.97 Å². The van der Waals surface area contributed by atoms with Crippen molar-refractivity contribution >= 4 is 11.0 Å². The minimum absolute atomic E-state index is 0.00183. The zero-order chi connectivity index (χ0) is 18.4. The van der Waals surface area contributed by atoms with E-state index in [0.717, 1.165) is 19.3 Å². The maximum atomic E-state index is 13.5. The molecule has 0 bridgehead atoms. The number of nitrogens with one attached hydrogen (secondary N) is 1. The Hall–Kier alpha value is -1.60. The number of benzene rings is 1. The lowest BCUT2D eigenvalue weighted by atomic mass is 10.1. The molecular weight excluding hydrogens is 331 g/mol. The minimum atomic E-state index is -4.46. The quantitative estimate of drug-likeness (QED) is 0.870. The van der Waals surface area contributed by atoms with E-state index in [1.807, 2.05) is 25.8 Å². The van der Waals surface area contributed by atoms with Gasteiger partial charge in [-0.15, -0.1) is 0 Å². The number of nitrogens with zero attached hydrogens (tertiary/aromatic N) is 2. The molecule has 25 heavy (non-hydrogen) atoms. The molecule has 1 heterocycles. The SMILES string of the molecule is CC(C)c1nc2c(C(F)(F)F)cc(CN(C)[C@@H]3CCC[C@@H]3O)cc2[nH]1. The van der Waals surface area contributed by atoms with Crippen LogP contribution in [0.2, 0.25) is 0 Å². The molecule has 1 fully saturated rings. The van der Waals surface area contributed by atoms with Crippen molar-refractivity contribution in [2.45, 2.75) is 63.9 Å². The Morgan fingerprint density at radius 2 is 2.04 bits per heavy atom. The summed E-state index contributed by atoms with van der Waals surface area (Å²) in [6.07, 6.45) is -2.30. The van der Waals surface area contributed by atoms with Crippen molar-refractivity contribution in [2.75, 3.05) is 7.05 Å². The number of rotatable bonds is 4. The van der Waals surface area contributed by atoms with Crippen LogP contribution in [0.4, 0.5) is 13.2 Å². The molecule has 7 heteroatoms. The number of fused-ring (bicyclic) bond motifs is 1. The highest BCUT2D eigenvalue weighted by atomic mass is 19.4. The van der Waals surface area contributed by atoms with Gasteiger partial charge in [0.1, 0.15) is 11.3 Å². The fourth-order valence-corrected chi connectivity index (χ4v) is 3.62. The molecule has 1 aromatic carbocycles. The van der Waals surface area contributed by atoms with Crippen LogP contribution < -0.4 is 0 Å². The first-order chi connectivity index (χ1) is 11.7. The molecule has 138 valence electrons.